The number of nitriles is 1. The van der Waals surface area contributed by atoms with E-state index in [2.05, 4.69) is 32.1 Å². The normalized spacial score (nSPS) is 10.7. The Labute approximate surface area is 127 Å². The fourth-order valence-corrected chi connectivity index (χ4v) is 2.72. The van der Waals surface area contributed by atoms with Crippen LogP contribution in [-0.2, 0) is 0 Å². The lowest BCUT2D eigenvalue weighted by Crippen LogP contribution is -2.02. The molecule has 0 unspecified atom stereocenters. The first-order valence-electron chi connectivity index (χ1n) is 5.61. The summed E-state index contributed by atoms with van der Waals surface area (Å²) in [5, 5.41) is 13.7. The highest BCUT2D eigenvalue weighted by Gasteiger charge is 2.16. The van der Waals surface area contributed by atoms with Crippen LogP contribution in [0.3, 0.4) is 0 Å². The van der Waals surface area contributed by atoms with E-state index in [4.69, 9.17) is 17.3 Å². The summed E-state index contributed by atoms with van der Waals surface area (Å²) in [6.45, 7) is 0. The molecule has 2 N–H and O–H groups in total. The summed E-state index contributed by atoms with van der Waals surface area (Å²) in [7, 11) is 0. The minimum Gasteiger partial charge on any atom is -0.382 e. The minimum absolute atomic E-state index is 0.301. The third kappa shape index (κ3) is 1.92. The average molecular weight is 349 g/mol. The number of benzene rings is 1. The molecular weight excluding hydrogens is 342 g/mol. The van der Waals surface area contributed by atoms with Crippen molar-refractivity contribution in [2.45, 2.75) is 0 Å². The van der Waals surface area contributed by atoms with E-state index in [-0.39, 0.29) is 0 Å². The van der Waals surface area contributed by atoms with Crippen LogP contribution in [0.2, 0.25) is 5.15 Å². The van der Waals surface area contributed by atoms with Crippen LogP contribution in [0.5, 0.6) is 0 Å². The molecule has 0 aliphatic carbocycles. The maximum atomic E-state index is 9.19. The Morgan fingerprint density at radius 2 is 2.10 bits per heavy atom. The number of anilines is 1. The predicted molar refractivity (Wildman–Crippen MR) is 80.3 cm³/mol. The maximum absolute atomic E-state index is 9.19. The van der Waals surface area contributed by atoms with Crippen molar-refractivity contribution in [3.05, 3.63) is 45.7 Å². The lowest BCUT2D eigenvalue weighted by Gasteiger charge is -2.09. The van der Waals surface area contributed by atoms with Crippen LogP contribution in [0.1, 0.15) is 5.56 Å². The van der Waals surface area contributed by atoms with Crippen LogP contribution in [0.25, 0.3) is 16.8 Å². The van der Waals surface area contributed by atoms with Gasteiger partial charge in [-0.05, 0) is 22.0 Å². The van der Waals surface area contributed by atoms with Crippen LogP contribution < -0.4 is 5.73 Å². The Kier molecular flexibility index (Phi) is 3.08. The van der Waals surface area contributed by atoms with Crippen LogP contribution in [0.15, 0.2) is 34.9 Å². The van der Waals surface area contributed by atoms with Crippen molar-refractivity contribution in [3.63, 3.8) is 0 Å². The van der Waals surface area contributed by atoms with E-state index in [1.165, 1.54) is 0 Å². The van der Waals surface area contributed by atoms with Gasteiger partial charge in [-0.15, -0.1) is 0 Å². The molecule has 2 heterocycles. The Hall–Kier alpha value is -2.10. The first kappa shape index (κ1) is 12.9. The number of hydrogen-bond donors (Lipinski definition) is 1. The van der Waals surface area contributed by atoms with Gasteiger partial charge < -0.3 is 5.73 Å². The molecule has 5 nitrogen and oxygen atoms in total. The molecule has 0 saturated carbocycles. The van der Waals surface area contributed by atoms with Crippen molar-refractivity contribution >= 4 is 38.9 Å². The zero-order valence-corrected chi connectivity index (χ0v) is 12.4. The molecule has 0 amide bonds. The smallest absolute Gasteiger partial charge is 0.152 e. The number of rotatable bonds is 1. The monoisotopic (exact) mass is 347 g/mol. The van der Waals surface area contributed by atoms with Crippen molar-refractivity contribution in [1.82, 2.24) is 14.6 Å². The number of halogens is 2. The summed E-state index contributed by atoms with van der Waals surface area (Å²) < 4.78 is 2.16. The summed E-state index contributed by atoms with van der Waals surface area (Å²) >= 11 is 9.34. The fraction of sp³-hybridized carbons (Fsp3) is 0. The molecule has 0 radical (unpaired) electrons. The molecule has 98 valence electrons. The molecule has 3 aromatic rings. The molecule has 0 spiro atoms. The molecule has 0 bridgehead atoms. The van der Waals surface area contributed by atoms with E-state index >= 15 is 0 Å². The summed E-state index contributed by atoms with van der Waals surface area (Å²) in [6, 6.07) is 10.9. The first-order valence-corrected chi connectivity index (χ1v) is 6.78. The summed E-state index contributed by atoms with van der Waals surface area (Å²) in [5.41, 5.74) is 8.29. The van der Waals surface area contributed by atoms with Gasteiger partial charge in [-0.25, -0.2) is 9.50 Å². The largest absolute Gasteiger partial charge is 0.382 e. The van der Waals surface area contributed by atoms with Crippen molar-refractivity contribution in [2.24, 2.45) is 0 Å². The lowest BCUT2D eigenvalue weighted by atomic mass is 10.1. The van der Waals surface area contributed by atoms with E-state index in [0.717, 1.165) is 0 Å². The van der Waals surface area contributed by atoms with Crippen LogP contribution in [0.4, 0.5) is 5.82 Å². The van der Waals surface area contributed by atoms with E-state index in [9.17, 15) is 5.26 Å². The van der Waals surface area contributed by atoms with Crippen molar-refractivity contribution in [1.29, 1.82) is 5.26 Å². The van der Waals surface area contributed by atoms with Crippen molar-refractivity contribution < 1.29 is 0 Å². The van der Waals surface area contributed by atoms with Crippen molar-refractivity contribution in [3.8, 4) is 17.3 Å². The van der Waals surface area contributed by atoms with Crippen LogP contribution in [0, 0.1) is 11.3 Å². The summed E-state index contributed by atoms with van der Waals surface area (Å²) in [5.74, 6) is 0.301. The molecule has 7 heteroatoms. The van der Waals surface area contributed by atoms with E-state index in [1.54, 1.807) is 22.7 Å². The first-order chi connectivity index (χ1) is 9.61. The summed E-state index contributed by atoms with van der Waals surface area (Å²) in [4.78, 5) is 4.35. The van der Waals surface area contributed by atoms with E-state index in [0.29, 0.717) is 37.9 Å². The van der Waals surface area contributed by atoms with E-state index in [1.807, 2.05) is 12.1 Å². The number of nitrogen functional groups attached to an aromatic ring is 1. The molecule has 2 aromatic heterocycles. The van der Waals surface area contributed by atoms with E-state index < -0.39 is 0 Å². The third-order valence-electron chi connectivity index (χ3n) is 2.86. The zero-order valence-electron chi connectivity index (χ0n) is 10.0. The molecule has 0 aliphatic heterocycles. The van der Waals surface area contributed by atoms with Crippen molar-refractivity contribution in [2.75, 3.05) is 5.73 Å². The Morgan fingerprint density at radius 3 is 2.85 bits per heavy atom. The number of nitrogens with zero attached hydrogens (tertiary/aromatic N) is 4. The lowest BCUT2D eigenvalue weighted by molar-refractivity contribution is 0.925. The molecular formula is C13H7BrClN5. The predicted octanol–water partition coefficient (Wildman–Crippen LogP) is 3.27. The fourth-order valence-electron chi connectivity index (χ4n) is 1.97. The topological polar surface area (TPSA) is 80.0 Å². The van der Waals surface area contributed by atoms with Gasteiger partial charge in [0, 0.05) is 11.6 Å². The van der Waals surface area contributed by atoms with Gasteiger partial charge in [0.15, 0.2) is 5.15 Å². The standard InChI is InChI=1S/C13H7BrClN5/c14-12-11(8-4-2-1-3-7(8)6-16)18-13(17)9-5-10(15)19-20(9)12/h1-5H,(H2,17,18). The van der Waals surface area contributed by atoms with Gasteiger partial charge in [0.2, 0.25) is 0 Å². The highest BCUT2D eigenvalue weighted by Crippen LogP contribution is 2.32. The van der Waals surface area contributed by atoms with Gasteiger partial charge in [0.05, 0.1) is 11.6 Å². The number of fused-ring (bicyclic) bond motifs is 1. The molecule has 0 atom stereocenters. The Bertz CT molecular complexity index is 865. The second-order valence-corrected chi connectivity index (χ2v) is 5.20. The molecule has 0 aliphatic rings. The number of nitrogens with two attached hydrogens (primary N) is 1. The second-order valence-electron chi connectivity index (χ2n) is 4.06. The van der Waals surface area contributed by atoms with Gasteiger partial charge in [0.25, 0.3) is 0 Å². The number of aromatic nitrogens is 3. The van der Waals surface area contributed by atoms with Gasteiger partial charge >= 0.3 is 0 Å². The van der Waals surface area contributed by atoms with Crippen LogP contribution in [-0.4, -0.2) is 14.6 Å². The second kappa shape index (κ2) is 4.78. The van der Waals surface area contributed by atoms with Gasteiger partial charge in [-0.3, -0.25) is 0 Å². The Balaban J connectivity index is 2.38. The van der Waals surface area contributed by atoms with Gasteiger partial charge in [0.1, 0.15) is 21.6 Å². The molecule has 1 aromatic carbocycles. The summed E-state index contributed by atoms with van der Waals surface area (Å²) in [6.07, 6.45) is 0. The SMILES string of the molecule is N#Cc1ccccc1-c1nc(N)c2cc(Cl)nn2c1Br. The quantitative estimate of drug-likeness (QED) is 0.732. The van der Waals surface area contributed by atoms with Gasteiger partial charge in [-0.2, -0.15) is 10.4 Å². The average Bonchev–Trinajstić information content (AvgIpc) is 2.85. The molecule has 20 heavy (non-hydrogen) atoms. The Morgan fingerprint density at radius 1 is 1.35 bits per heavy atom. The molecule has 0 fully saturated rings. The third-order valence-corrected chi connectivity index (χ3v) is 3.75. The highest BCUT2D eigenvalue weighted by atomic mass is 79.9. The molecule has 3 rings (SSSR count). The highest BCUT2D eigenvalue weighted by molar-refractivity contribution is 9.10. The zero-order chi connectivity index (χ0) is 14.3. The maximum Gasteiger partial charge on any atom is 0.152 e. The minimum atomic E-state index is 0.301. The van der Waals surface area contributed by atoms with Crippen LogP contribution >= 0.6 is 27.5 Å². The molecule has 0 saturated heterocycles. The van der Waals surface area contributed by atoms with Gasteiger partial charge in [-0.1, -0.05) is 29.8 Å². The number of hydrogen-bond acceptors (Lipinski definition) is 4.